The van der Waals surface area contributed by atoms with E-state index in [1.807, 2.05) is 19.1 Å². The Labute approximate surface area is 117 Å². The number of rotatable bonds is 6. The molecule has 0 saturated carbocycles. The van der Waals surface area contributed by atoms with Crippen LogP contribution in [0.15, 0.2) is 35.5 Å². The van der Waals surface area contributed by atoms with Gasteiger partial charge in [0.2, 0.25) is 5.88 Å². The van der Waals surface area contributed by atoms with Gasteiger partial charge in [-0.3, -0.25) is 4.79 Å². The molecule has 0 aliphatic heterocycles. The second-order valence-electron chi connectivity index (χ2n) is 4.30. The SMILES string of the molecule is CCCn1ccnc(NCc2cccnc2OC)c1=O. The van der Waals surface area contributed by atoms with Crippen molar-refractivity contribution in [1.29, 1.82) is 0 Å². The molecule has 20 heavy (non-hydrogen) atoms. The molecule has 0 spiro atoms. The van der Waals surface area contributed by atoms with Crippen molar-refractivity contribution in [1.82, 2.24) is 14.5 Å². The van der Waals surface area contributed by atoms with Crippen LogP contribution in [0.4, 0.5) is 5.82 Å². The minimum Gasteiger partial charge on any atom is -0.481 e. The molecule has 2 rings (SSSR count). The van der Waals surface area contributed by atoms with Crippen LogP contribution in [0, 0.1) is 0 Å². The summed E-state index contributed by atoms with van der Waals surface area (Å²) in [7, 11) is 1.57. The minimum absolute atomic E-state index is 0.114. The van der Waals surface area contributed by atoms with E-state index in [1.54, 1.807) is 30.3 Å². The summed E-state index contributed by atoms with van der Waals surface area (Å²) in [5.74, 6) is 0.886. The monoisotopic (exact) mass is 274 g/mol. The van der Waals surface area contributed by atoms with Gasteiger partial charge in [0.15, 0.2) is 5.82 Å². The molecule has 0 amide bonds. The lowest BCUT2D eigenvalue weighted by Gasteiger charge is -2.10. The van der Waals surface area contributed by atoms with E-state index in [0.717, 1.165) is 12.0 Å². The Hall–Kier alpha value is -2.37. The minimum atomic E-state index is -0.114. The Balaban J connectivity index is 2.15. The summed E-state index contributed by atoms with van der Waals surface area (Å²) in [6.45, 7) is 3.15. The van der Waals surface area contributed by atoms with E-state index in [2.05, 4.69) is 15.3 Å². The number of hydrogen-bond acceptors (Lipinski definition) is 5. The summed E-state index contributed by atoms with van der Waals surface area (Å²) in [5, 5.41) is 3.04. The molecule has 2 heterocycles. The zero-order valence-electron chi connectivity index (χ0n) is 11.7. The number of hydrogen-bond donors (Lipinski definition) is 1. The van der Waals surface area contributed by atoms with Gasteiger partial charge < -0.3 is 14.6 Å². The molecule has 2 aromatic heterocycles. The first kappa shape index (κ1) is 14.0. The van der Waals surface area contributed by atoms with E-state index in [9.17, 15) is 4.79 Å². The summed E-state index contributed by atoms with van der Waals surface area (Å²) in [5.41, 5.74) is 0.763. The number of aryl methyl sites for hydroxylation is 1. The Kier molecular flexibility index (Phi) is 4.70. The molecule has 106 valence electrons. The van der Waals surface area contributed by atoms with Crippen LogP contribution >= 0.6 is 0 Å². The fourth-order valence-corrected chi connectivity index (χ4v) is 1.91. The lowest BCUT2D eigenvalue weighted by molar-refractivity contribution is 0.393. The van der Waals surface area contributed by atoms with Crippen LogP contribution in [-0.2, 0) is 13.1 Å². The van der Waals surface area contributed by atoms with Crippen molar-refractivity contribution < 1.29 is 4.74 Å². The quantitative estimate of drug-likeness (QED) is 0.867. The van der Waals surface area contributed by atoms with Crippen molar-refractivity contribution in [3.05, 3.63) is 46.6 Å². The number of nitrogens with one attached hydrogen (secondary N) is 1. The molecule has 0 atom stereocenters. The molecule has 6 nitrogen and oxygen atoms in total. The summed E-state index contributed by atoms with van der Waals surface area (Å²) >= 11 is 0. The molecule has 0 fully saturated rings. The summed E-state index contributed by atoms with van der Waals surface area (Å²) in [4.78, 5) is 20.3. The first-order chi connectivity index (χ1) is 9.76. The van der Waals surface area contributed by atoms with Gasteiger partial charge in [-0.1, -0.05) is 13.0 Å². The highest BCUT2D eigenvalue weighted by Gasteiger charge is 2.07. The van der Waals surface area contributed by atoms with E-state index in [-0.39, 0.29) is 5.56 Å². The summed E-state index contributed by atoms with van der Waals surface area (Å²) in [6.07, 6.45) is 5.89. The first-order valence-electron chi connectivity index (χ1n) is 6.53. The number of methoxy groups -OCH3 is 1. The van der Waals surface area contributed by atoms with Gasteiger partial charge in [0.1, 0.15) is 0 Å². The highest BCUT2D eigenvalue weighted by Crippen LogP contribution is 2.14. The van der Waals surface area contributed by atoms with Crippen molar-refractivity contribution in [2.45, 2.75) is 26.4 Å². The van der Waals surface area contributed by atoms with E-state index < -0.39 is 0 Å². The average Bonchev–Trinajstić information content (AvgIpc) is 2.48. The predicted octanol–water partition coefficient (Wildman–Crippen LogP) is 1.67. The highest BCUT2D eigenvalue weighted by atomic mass is 16.5. The topological polar surface area (TPSA) is 69.0 Å². The van der Waals surface area contributed by atoms with Gasteiger partial charge >= 0.3 is 0 Å². The van der Waals surface area contributed by atoms with Crippen LogP contribution in [0.25, 0.3) is 0 Å². The lowest BCUT2D eigenvalue weighted by Crippen LogP contribution is -2.24. The Bertz CT molecular complexity index is 625. The molecule has 2 aromatic rings. The summed E-state index contributed by atoms with van der Waals surface area (Å²) in [6, 6.07) is 3.72. The van der Waals surface area contributed by atoms with E-state index in [4.69, 9.17) is 4.74 Å². The van der Waals surface area contributed by atoms with Gasteiger partial charge in [0.05, 0.1) is 7.11 Å². The number of ether oxygens (including phenoxy) is 1. The lowest BCUT2D eigenvalue weighted by atomic mass is 10.2. The van der Waals surface area contributed by atoms with E-state index in [1.165, 1.54) is 0 Å². The molecule has 0 bridgehead atoms. The maximum absolute atomic E-state index is 12.1. The van der Waals surface area contributed by atoms with Gasteiger partial charge in [-0.2, -0.15) is 0 Å². The van der Waals surface area contributed by atoms with E-state index in [0.29, 0.717) is 24.8 Å². The van der Waals surface area contributed by atoms with Gasteiger partial charge in [-0.15, -0.1) is 0 Å². The van der Waals surface area contributed by atoms with Crippen LogP contribution in [-0.4, -0.2) is 21.6 Å². The van der Waals surface area contributed by atoms with Crippen LogP contribution in [0.5, 0.6) is 5.88 Å². The molecule has 0 aromatic carbocycles. The average molecular weight is 274 g/mol. The highest BCUT2D eigenvalue weighted by molar-refractivity contribution is 5.35. The molecular weight excluding hydrogens is 256 g/mol. The normalized spacial score (nSPS) is 10.3. The Morgan fingerprint density at radius 1 is 1.35 bits per heavy atom. The van der Waals surface area contributed by atoms with Gasteiger partial charge in [0, 0.05) is 37.2 Å². The largest absolute Gasteiger partial charge is 0.481 e. The van der Waals surface area contributed by atoms with Crippen molar-refractivity contribution in [3.8, 4) is 5.88 Å². The summed E-state index contributed by atoms with van der Waals surface area (Å²) < 4.78 is 6.82. The standard InChI is InChI=1S/C14H18N4O2/c1-3-8-18-9-7-15-12(14(18)19)17-10-11-5-4-6-16-13(11)20-2/h4-7,9H,3,8,10H2,1-2H3,(H,15,17). The van der Waals surface area contributed by atoms with Gasteiger partial charge in [-0.05, 0) is 12.5 Å². The maximum Gasteiger partial charge on any atom is 0.293 e. The number of anilines is 1. The van der Waals surface area contributed by atoms with Gasteiger partial charge in [0.25, 0.3) is 5.56 Å². The second kappa shape index (κ2) is 6.70. The molecule has 0 radical (unpaired) electrons. The number of pyridine rings is 1. The fourth-order valence-electron chi connectivity index (χ4n) is 1.91. The molecule has 0 saturated heterocycles. The number of nitrogens with zero attached hydrogens (tertiary/aromatic N) is 3. The van der Waals surface area contributed by atoms with Crippen LogP contribution < -0.4 is 15.6 Å². The van der Waals surface area contributed by atoms with Crippen molar-refractivity contribution in [2.75, 3.05) is 12.4 Å². The van der Waals surface area contributed by atoms with Crippen LogP contribution in [0.1, 0.15) is 18.9 Å². The maximum atomic E-state index is 12.1. The molecule has 0 aliphatic rings. The van der Waals surface area contributed by atoms with Crippen molar-refractivity contribution in [3.63, 3.8) is 0 Å². The third-order valence-corrected chi connectivity index (χ3v) is 2.87. The first-order valence-corrected chi connectivity index (χ1v) is 6.53. The molecule has 0 unspecified atom stereocenters. The van der Waals surface area contributed by atoms with Crippen molar-refractivity contribution in [2.24, 2.45) is 0 Å². The molecule has 0 aliphatic carbocycles. The zero-order chi connectivity index (χ0) is 14.4. The van der Waals surface area contributed by atoms with Crippen LogP contribution in [0.3, 0.4) is 0 Å². The predicted molar refractivity (Wildman–Crippen MR) is 76.9 cm³/mol. The van der Waals surface area contributed by atoms with E-state index >= 15 is 0 Å². The van der Waals surface area contributed by atoms with Gasteiger partial charge in [-0.25, -0.2) is 9.97 Å². The van der Waals surface area contributed by atoms with Crippen molar-refractivity contribution >= 4 is 5.82 Å². The fraction of sp³-hybridized carbons (Fsp3) is 0.357. The zero-order valence-corrected chi connectivity index (χ0v) is 11.7. The smallest absolute Gasteiger partial charge is 0.293 e. The Morgan fingerprint density at radius 3 is 2.95 bits per heavy atom. The third-order valence-electron chi connectivity index (χ3n) is 2.87. The molecule has 6 heteroatoms. The molecule has 1 N–H and O–H groups in total. The number of aromatic nitrogens is 3. The Morgan fingerprint density at radius 2 is 2.20 bits per heavy atom. The molecular formula is C14H18N4O2. The van der Waals surface area contributed by atoms with Crippen LogP contribution in [0.2, 0.25) is 0 Å². The third kappa shape index (κ3) is 3.14. The second-order valence-corrected chi connectivity index (χ2v) is 4.30.